The van der Waals surface area contributed by atoms with Crippen molar-refractivity contribution in [3.05, 3.63) is 12.2 Å². The zero-order valence-corrected chi connectivity index (χ0v) is 8.31. The highest BCUT2D eigenvalue weighted by Gasteiger charge is 2.44. The molecule has 1 aliphatic carbocycles. The summed E-state index contributed by atoms with van der Waals surface area (Å²) < 4.78 is 0. The molecule has 0 spiro atoms. The molecule has 1 heteroatoms. The lowest BCUT2D eigenvalue weighted by atomic mass is 9.57. The molecule has 0 heterocycles. The van der Waals surface area contributed by atoms with E-state index in [1.165, 1.54) is 6.42 Å². The Bertz CT molecular complexity index is 215. The maximum absolute atomic E-state index is 11.0. The summed E-state index contributed by atoms with van der Waals surface area (Å²) >= 11 is 0. The van der Waals surface area contributed by atoms with Crippen LogP contribution >= 0.6 is 0 Å². The lowest BCUT2D eigenvalue weighted by Crippen LogP contribution is -2.41. The normalized spacial score (nSPS) is 34.8. The molecule has 1 nitrogen and oxygen atoms in total. The van der Waals surface area contributed by atoms with Gasteiger partial charge in [0.2, 0.25) is 0 Å². The molecule has 0 saturated heterocycles. The van der Waals surface area contributed by atoms with Gasteiger partial charge in [0.15, 0.2) is 0 Å². The van der Waals surface area contributed by atoms with Crippen LogP contribution in [-0.2, 0) is 4.79 Å². The number of carbonyl (C=O) groups is 1. The van der Waals surface area contributed by atoms with Gasteiger partial charge >= 0.3 is 0 Å². The lowest BCUT2D eigenvalue weighted by Gasteiger charge is -2.45. The van der Waals surface area contributed by atoms with Crippen LogP contribution in [0.1, 0.15) is 40.0 Å². The van der Waals surface area contributed by atoms with Gasteiger partial charge in [0, 0.05) is 5.41 Å². The number of carbonyl (C=O) groups excluding carboxylic acids is 1. The average molecular weight is 166 g/mol. The van der Waals surface area contributed by atoms with Crippen LogP contribution in [0.3, 0.4) is 0 Å². The number of hydrogen-bond acceptors (Lipinski definition) is 1. The van der Waals surface area contributed by atoms with E-state index < -0.39 is 0 Å². The number of allylic oxidation sites excluding steroid dienone is 1. The van der Waals surface area contributed by atoms with Crippen LogP contribution in [0.5, 0.6) is 0 Å². The van der Waals surface area contributed by atoms with Gasteiger partial charge in [0.1, 0.15) is 6.29 Å². The molecule has 1 rings (SSSR count). The van der Waals surface area contributed by atoms with Crippen molar-refractivity contribution in [2.45, 2.75) is 40.0 Å². The predicted octanol–water partition coefficient (Wildman–Crippen LogP) is 2.96. The maximum atomic E-state index is 11.0. The Labute approximate surface area is 74.9 Å². The van der Waals surface area contributed by atoms with Gasteiger partial charge in [-0.15, -0.1) is 0 Å². The fourth-order valence-corrected chi connectivity index (χ4v) is 1.98. The molecule has 0 unspecified atom stereocenters. The van der Waals surface area contributed by atoms with E-state index in [1.54, 1.807) is 0 Å². The molecule has 68 valence electrons. The fourth-order valence-electron chi connectivity index (χ4n) is 1.98. The van der Waals surface area contributed by atoms with Gasteiger partial charge < -0.3 is 4.79 Å². The first kappa shape index (κ1) is 9.50. The molecular weight excluding hydrogens is 148 g/mol. The van der Waals surface area contributed by atoms with Crippen molar-refractivity contribution in [3.8, 4) is 0 Å². The number of hydrogen-bond donors (Lipinski definition) is 0. The monoisotopic (exact) mass is 166 g/mol. The summed E-state index contributed by atoms with van der Waals surface area (Å²) in [6.07, 6.45) is 4.39. The SMILES string of the molecule is C=C1CCCC(C)(C)[C@]1(C)C=O. The molecule has 1 saturated carbocycles. The summed E-state index contributed by atoms with van der Waals surface area (Å²) in [5, 5.41) is 0. The van der Waals surface area contributed by atoms with Crippen molar-refractivity contribution < 1.29 is 4.79 Å². The molecule has 0 aromatic carbocycles. The van der Waals surface area contributed by atoms with E-state index in [0.717, 1.165) is 24.7 Å². The second kappa shape index (κ2) is 2.72. The van der Waals surface area contributed by atoms with E-state index in [2.05, 4.69) is 20.4 Å². The summed E-state index contributed by atoms with van der Waals surface area (Å²) in [6, 6.07) is 0. The molecule has 0 aliphatic heterocycles. The predicted molar refractivity (Wildman–Crippen MR) is 50.9 cm³/mol. The number of aldehydes is 1. The van der Waals surface area contributed by atoms with Gasteiger partial charge in [-0.2, -0.15) is 0 Å². The standard InChI is InChI=1S/C11H18O/c1-9-6-5-7-10(2,3)11(9,4)8-12/h8H,1,5-7H2,2-4H3/t11-/m1/s1. The molecule has 1 fully saturated rings. The smallest absolute Gasteiger partial charge is 0.130 e. The van der Waals surface area contributed by atoms with Gasteiger partial charge in [-0.05, 0) is 31.6 Å². The Balaban J connectivity index is 3.04. The van der Waals surface area contributed by atoms with E-state index in [1.807, 2.05) is 6.92 Å². The molecular formula is C11H18O. The summed E-state index contributed by atoms with van der Waals surface area (Å²) in [7, 11) is 0. The van der Waals surface area contributed by atoms with E-state index in [9.17, 15) is 4.79 Å². The summed E-state index contributed by atoms with van der Waals surface area (Å²) in [5.41, 5.74) is 0.892. The minimum absolute atomic E-state index is 0.0874. The van der Waals surface area contributed by atoms with Gasteiger partial charge in [0.25, 0.3) is 0 Å². The topological polar surface area (TPSA) is 17.1 Å². The first-order chi connectivity index (χ1) is 5.44. The third-order valence-corrected chi connectivity index (χ3v) is 3.66. The van der Waals surface area contributed by atoms with Gasteiger partial charge in [-0.1, -0.05) is 26.0 Å². The van der Waals surface area contributed by atoms with Crippen LogP contribution < -0.4 is 0 Å². The van der Waals surface area contributed by atoms with Gasteiger partial charge in [-0.3, -0.25) is 0 Å². The highest BCUT2D eigenvalue weighted by atomic mass is 16.1. The average Bonchev–Trinajstić information content (AvgIpc) is 2.00. The first-order valence-electron chi connectivity index (χ1n) is 4.59. The molecule has 0 aromatic heterocycles. The van der Waals surface area contributed by atoms with Crippen molar-refractivity contribution in [1.82, 2.24) is 0 Å². The molecule has 1 atom stereocenters. The Hall–Kier alpha value is -0.590. The van der Waals surface area contributed by atoms with E-state index in [4.69, 9.17) is 0 Å². The molecule has 0 aromatic rings. The zero-order valence-electron chi connectivity index (χ0n) is 8.31. The molecule has 1 aliphatic rings. The van der Waals surface area contributed by atoms with E-state index in [-0.39, 0.29) is 10.8 Å². The van der Waals surface area contributed by atoms with Crippen molar-refractivity contribution in [2.24, 2.45) is 10.8 Å². The van der Waals surface area contributed by atoms with E-state index in [0.29, 0.717) is 0 Å². The third kappa shape index (κ3) is 1.12. The Morgan fingerprint density at radius 2 is 2.00 bits per heavy atom. The van der Waals surface area contributed by atoms with Crippen LogP contribution in [0.2, 0.25) is 0 Å². The highest BCUT2D eigenvalue weighted by Crippen LogP contribution is 2.50. The largest absolute Gasteiger partial charge is 0.302 e. The summed E-state index contributed by atoms with van der Waals surface area (Å²) in [4.78, 5) is 11.0. The van der Waals surface area contributed by atoms with Crippen molar-refractivity contribution >= 4 is 6.29 Å². The second-order valence-corrected chi connectivity index (χ2v) is 4.66. The second-order valence-electron chi connectivity index (χ2n) is 4.66. The molecule has 0 N–H and O–H groups in total. The summed E-state index contributed by atoms with van der Waals surface area (Å²) in [6.45, 7) is 10.3. The van der Waals surface area contributed by atoms with Crippen LogP contribution in [0.4, 0.5) is 0 Å². The summed E-state index contributed by atoms with van der Waals surface area (Å²) in [5.74, 6) is 0. The molecule has 0 bridgehead atoms. The van der Waals surface area contributed by atoms with Crippen molar-refractivity contribution in [3.63, 3.8) is 0 Å². The van der Waals surface area contributed by atoms with Crippen LogP contribution in [0, 0.1) is 10.8 Å². The number of rotatable bonds is 1. The quantitative estimate of drug-likeness (QED) is 0.432. The van der Waals surface area contributed by atoms with Crippen LogP contribution in [0.25, 0.3) is 0 Å². The Morgan fingerprint density at radius 3 is 2.33 bits per heavy atom. The van der Waals surface area contributed by atoms with Gasteiger partial charge in [-0.25, -0.2) is 0 Å². The molecule has 0 amide bonds. The first-order valence-corrected chi connectivity index (χ1v) is 4.59. The van der Waals surface area contributed by atoms with Crippen molar-refractivity contribution in [2.75, 3.05) is 0 Å². The Morgan fingerprint density at radius 1 is 1.42 bits per heavy atom. The fraction of sp³-hybridized carbons (Fsp3) is 0.727. The van der Waals surface area contributed by atoms with Gasteiger partial charge in [0.05, 0.1) is 0 Å². The highest BCUT2D eigenvalue weighted by molar-refractivity contribution is 5.66. The van der Waals surface area contributed by atoms with Crippen LogP contribution in [0.15, 0.2) is 12.2 Å². The lowest BCUT2D eigenvalue weighted by molar-refractivity contribution is -0.120. The minimum atomic E-state index is -0.300. The van der Waals surface area contributed by atoms with Crippen LogP contribution in [-0.4, -0.2) is 6.29 Å². The zero-order chi connectivity index (χ0) is 9.41. The van der Waals surface area contributed by atoms with E-state index >= 15 is 0 Å². The molecule has 0 radical (unpaired) electrons. The van der Waals surface area contributed by atoms with Crippen molar-refractivity contribution in [1.29, 1.82) is 0 Å². The third-order valence-electron chi connectivity index (χ3n) is 3.66. The molecule has 12 heavy (non-hydrogen) atoms. The maximum Gasteiger partial charge on any atom is 0.130 e. The Kier molecular flexibility index (Phi) is 2.15. The minimum Gasteiger partial charge on any atom is -0.302 e.